The van der Waals surface area contributed by atoms with Crippen molar-refractivity contribution in [3.05, 3.63) is 21.9 Å². The molecule has 0 spiro atoms. The van der Waals surface area contributed by atoms with E-state index in [-0.39, 0.29) is 17.2 Å². The van der Waals surface area contributed by atoms with Gasteiger partial charge >= 0.3 is 0 Å². The molecule has 0 aromatic heterocycles. The van der Waals surface area contributed by atoms with Crippen LogP contribution in [0.25, 0.3) is 0 Å². The first kappa shape index (κ1) is 11.3. The molecule has 0 aliphatic carbocycles. The third-order valence-electron chi connectivity index (χ3n) is 2.46. The summed E-state index contributed by atoms with van der Waals surface area (Å²) in [6.07, 6.45) is 0. The maximum Gasteiger partial charge on any atom is 0.246 e. The van der Waals surface area contributed by atoms with Crippen LogP contribution < -0.4 is 10.6 Å². The van der Waals surface area contributed by atoms with Crippen LogP contribution in [0, 0.1) is 5.82 Å². The largest absolute Gasteiger partial charge is 0.392 e. The van der Waals surface area contributed by atoms with Crippen LogP contribution in [0.15, 0.2) is 10.5 Å². The Kier molecular flexibility index (Phi) is 2.86. The second kappa shape index (κ2) is 4.03. The quantitative estimate of drug-likeness (QED) is 0.739. The van der Waals surface area contributed by atoms with Crippen LogP contribution in [0.1, 0.15) is 12.5 Å². The molecule has 1 atom stereocenters. The third kappa shape index (κ3) is 1.68. The second-order valence-electron chi connectivity index (χ2n) is 3.59. The lowest BCUT2D eigenvalue weighted by Gasteiger charge is -2.26. The van der Waals surface area contributed by atoms with Crippen LogP contribution in [0.3, 0.4) is 0 Å². The average Bonchev–Trinajstić information content (AvgIpc) is 2.26. The van der Waals surface area contributed by atoms with Crippen molar-refractivity contribution in [3.8, 4) is 0 Å². The summed E-state index contributed by atoms with van der Waals surface area (Å²) >= 11 is 3.26. The fourth-order valence-electron chi connectivity index (χ4n) is 1.57. The topological polar surface area (TPSA) is 61.4 Å². The van der Waals surface area contributed by atoms with Gasteiger partial charge in [0.1, 0.15) is 11.7 Å². The molecule has 6 heteroatoms. The van der Waals surface area contributed by atoms with E-state index in [4.69, 9.17) is 5.11 Å². The minimum Gasteiger partial charge on any atom is -0.392 e. The highest BCUT2D eigenvalue weighted by Gasteiger charge is 2.27. The standard InChI is InChI=1S/C10H10BrFN2O2/c1-4-10(16)14-9-7(12)5(3-15)2-6(11)8(9)13-4/h2,4,13,15H,3H2,1H3,(H,14,16)/t4-/m1/s1. The number of carbonyl (C=O) groups excluding carboxylic acids is 1. The number of aliphatic hydroxyl groups excluding tert-OH is 1. The highest BCUT2D eigenvalue weighted by molar-refractivity contribution is 9.10. The van der Waals surface area contributed by atoms with Crippen molar-refractivity contribution in [2.45, 2.75) is 19.6 Å². The Balaban J connectivity index is 2.59. The SMILES string of the molecule is C[C@H]1Nc2c(Br)cc(CO)c(F)c2NC1=O. The van der Waals surface area contributed by atoms with Gasteiger partial charge in [-0.1, -0.05) is 0 Å². The van der Waals surface area contributed by atoms with Crippen molar-refractivity contribution in [2.24, 2.45) is 0 Å². The minimum absolute atomic E-state index is 0.0847. The molecule has 3 N–H and O–H groups in total. The molecule has 16 heavy (non-hydrogen) atoms. The van der Waals surface area contributed by atoms with E-state index >= 15 is 0 Å². The number of hydrogen-bond acceptors (Lipinski definition) is 3. The molecule has 0 radical (unpaired) electrons. The van der Waals surface area contributed by atoms with Crippen molar-refractivity contribution in [1.29, 1.82) is 0 Å². The zero-order chi connectivity index (χ0) is 11.9. The Morgan fingerprint density at radius 1 is 1.56 bits per heavy atom. The Labute approximate surface area is 100.0 Å². The molecule has 86 valence electrons. The van der Waals surface area contributed by atoms with Crippen LogP contribution in [-0.2, 0) is 11.4 Å². The van der Waals surface area contributed by atoms with E-state index in [0.717, 1.165) is 0 Å². The molecular formula is C10H10BrFN2O2. The maximum atomic E-state index is 13.8. The van der Waals surface area contributed by atoms with E-state index in [1.165, 1.54) is 6.07 Å². The van der Waals surface area contributed by atoms with Crippen LogP contribution in [0.4, 0.5) is 15.8 Å². The fourth-order valence-corrected chi connectivity index (χ4v) is 2.15. The molecule has 0 fully saturated rings. The van der Waals surface area contributed by atoms with Gasteiger partial charge in [0.25, 0.3) is 0 Å². The van der Waals surface area contributed by atoms with Gasteiger partial charge in [0.2, 0.25) is 5.91 Å². The summed E-state index contributed by atoms with van der Waals surface area (Å²) in [5, 5.41) is 14.3. The Morgan fingerprint density at radius 3 is 2.88 bits per heavy atom. The van der Waals surface area contributed by atoms with Gasteiger partial charge in [-0.05, 0) is 28.9 Å². The highest BCUT2D eigenvalue weighted by Crippen LogP contribution is 2.38. The highest BCUT2D eigenvalue weighted by atomic mass is 79.9. The zero-order valence-electron chi connectivity index (χ0n) is 8.47. The first-order valence-corrected chi connectivity index (χ1v) is 5.53. The lowest BCUT2D eigenvalue weighted by molar-refractivity contribution is -0.116. The molecule has 1 aromatic carbocycles. The fraction of sp³-hybridized carbons (Fsp3) is 0.300. The lowest BCUT2D eigenvalue weighted by Crippen LogP contribution is -2.37. The van der Waals surface area contributed by atoms with Crippen molar-refractivity contribution in [3.63, 3.8) is 0 Å². The summed E-state index contributed by atoms with van der Waals surface area (Å²) in [4.78, 5) is 11.4. The normalized spacial score (nSPS) is 18.8. The molecule has 0 unspecified atom stereocenters. The Hall–Kier alpha value is -1.14. The van der Waals surface area contributed by atoms with Gasteiger partial charge in [0.15, 0.2) is 5.82 Å². The molecule has 4 nitrogen and oxygen atoms in total. The van der Waals surface area contributed by atoms with Crippen LogP contribution >= 0.6 is 15.9 Å². The third-order valence-corrected chi connectivity index (χ3v) is 3.09. The molecule has 2 rings (SSSR count). The number of fused-ring (bicyclic) bond motifs is 1. The van der Waals surface area contributed by atoms with E-state index in [1.807, 2.05) is 0 Å². The molecule has 0 saturated heterocycles. The van der Waals surface area contributed by atoms with Gasteiger partial charge in [-0.15, -0.1) is 0 Å². The number of aliphatic hydroxyl groups is 1. The smallest absolute Gasteiger partial charge is 0.246 e. The number of carbonyl (C=O) groups is 1. The van der Waals surface area contributed by atoms with E-state index in [2.05, 4.69) is 26.6 Å². The van der Waals surface area contributed by atoms with Crippen LogP contribution in [-0.4, -0.2) is 17.1 Å². The molecule has 1 heterocycles. The van der Waals surface area contributed by atoms with Crippen LogP contribution in [0.2, 0.25) is 0 Å². The number of anilines is 2. The van der Waals surface area contributed by atoms with E-state index in [0.29, 0.717) is 10.2 Å². The van der Waals surface area contributed by atoms with Crippen molar-refractivity contribution >= 4 is 33.2 Å². The molecule has 0 bridgehead atoms. The van der Waals surface area contributed by atoms with Gasteiger partial charge < -0.3 is 15.7 Å². The zero-order valence-corrected chi connectivity index (χ0v) is 10.1. The van der Waals surface area contributed by atoms with Crippen LogP contribution in [0.5, 0.6) is 0 Å². The number of hydrogen-bond donors (Lipinski definition) is 3. The van der Waals surface area contributed by atoms with Gasteiger partial charge in [-0.25, -0.2) is 4.39 Å². The van der Waals surface area contributed by atoms with E-state index in [1.54, 1.807) is 6.92 Å². The van der Waals surface area contributed by atoms with Crippen molar-refractivity contribution in [2.75, 3.05) is 10.6 Å². The summed E-state index contributed by atoms with van der Waals surface area (Å²) in [7, 11) is 0. The lowest BCUT2D eigenvalue weighted by atomic mass is 10.1. The molecule has 1 aliphatic rings. The monoisotopic (exact) mass is 288 g/mol. The predicted molar refractivity (Wildman–Crippen MR) is 61.7 cm³/mol. The molecule has 0 saturated carbocycles. The van der Waals surface area contributed by atoms with Gasteiger partial charge in [-0.2, -0.15) is 0 Å². The summed E-state index contributed by atoms with van der Waals surface area (Å²) in [6.45, 7) is 1.27. The van der Waals surface area contributed by atoms with Gasteiger partial charge in [0.05, 0.1) is 12.3 Å². The summed E-state index contributed by atoms with van der Waals surface area (Å²) < 4.78 is 14.4. The Bertz CT molecular complexity index is 465. The average molecular weight is 289 g/mol. The van der Waals surface area contributed by atoms with Gasteiger partial charge in [0, 0.05) is 10.0 Å². The predicted octanol–water partition coefficient (Wildman–Crippen LogP) is 1.83. The van der Waals surface area contributed by atoms with E-state index < -0.39 is 18.5 Å². The second-order valence-corrected chi connectivity index (χ2v) is 4.45. The first-order chi connectivity index (χ1) is 7.54. The number of benzene rings is 1. The summed E-state index contributed by atoms with van der Waals surface area (Å²) in [6, 6.07) is 1.08. The maximum absolute atomic E-state index is 13.8. The molecule has 1 aromatic rings. The van der Waals surface area contributed by atoms with Crippen molar-refractivity contribution < 1.29 is 14.3 Å². The van der Waals surface area contributed by atoms with Crippen molar-refractivity contribution in [1.82, 2.24) is 0 Å². The first-order valence-electron chi connectivity index (χ1n) is 4.73. The molecule has 1 aliphatic heterocycles. The van der Waals surface area contributed by atoms with Gasteiger partial charge in [-0.3, -0.25) is 4.79 Å². The number of halogens is 2. The molecule has 1 amide bonds. The Morgan fingerprint density at radius 2 is 2.25 bits per heavy atom. The minimum atomic E-state index is -0.603. The number of amides is 1. The number of rotatable bonds is 1. The number of nitrogens with one attached hydrogen (secondary N) is 2. The summed E-state index contributed by atoms with van der Waals surface area (Å²) in [5.41, 5.74) is 0.727. The van der Waals surface area contributed by atoms with E-state index in [9.17, 15) is 9.18 Å². The molecular weight excluding hydrogens is 279 g/mol. The summed E-state index contributed by atoms with van der Waals surface area (Å²) in [5.74, 6) is -0.901.